The van der Waals surface area contributed by atoms with Gasteiger partial charge in [0.25, 0.3) is 0 Å². The van der Waals surface area contributed by atoms with Crippen LogP contribution in [0.5, 0.6) is 0 Å². The van der Waals surface area contributed by atoms with Gasteiger partial charge in [0, 0.05) is 4.57 Å². The summed E-state index contributed by atoms with van der Waals surface area (Å²) in [6.07, 6.45) is 6.48. The Kier molecular flexibility index (Phi) is 17.3. The molecule has 0 atom stereocenters. The number of rotatable bonds is 10. The molecule has 15 heavy (non-hydrogen) atoms. The quantitative estimate of drug-likeness (QED) is 0.447. The van der Waals surface area contributed by atoms with Gasteiger partial charge in [0.2, 0.25) is 0 Å². The molecule has 0 spiro atoms. The van der Waals surface area contributed by atoms with E-state index in [9.17, 15) is 4.57 Å². The van der Waals surface area contributed by atoms with Gasteiger partial charge >= 0.3 is 25.0 Å². The minimum absolute atomic E-state index is 0. The fourth-order valence-electron chi connectivity index (χ4n) is 1.02. The fraction of sp³-hybridized carbons (Fsp3) is 1.00. The maximum Gasteiger partial charge on any atom is 2.00 e. The Morgan fingerprint density at radius 2 is 1.27 bits per heavy atom. The van der Waals surface area contributed by atoms with Gasteiger partial charge in [-0.15, -0.1) is 9.05 Å². The van der Waals surface area contributed by atoms with Crippen LogP contribution in [0, 0.1) is 0 Å². The van der Waals surface area contributed by atoms with Crippen molar-refractivity contribution in [3.63, 3.8) is 0 Å². The Morgan fingerprint density at radius 1 is 0.867 bits per heavy atom. The molecule has 0 saturated heterocycles. The third-order valence-electron chi connectivity index (χ3n) is 1.89. The molecular weight excluding hydrogens is 258 g/mol. The van der Waals surface area contributed by atoms with Crippen LogP contribution in [0.3, 0.4) is 0 Å². The van der Waals surface area contributed by atoms with Crippen LogP contribution in [0.4, 0.5) is 0 Å². The van der Waals surface area contributed by atoms with E-state index >= 15 is 0 Å². The molecule has 5 heteroatoms. The number of unbranched alkanes of at least 4 members (excludes halogenated alkanes) is 4. The van der Waals surface area contributed by atoms with Gasteiger partial charge < -0.3 is 0 Å². The average Bonchev–Trinajstić information content (AvgIpc) is 2.19. The smallest absolute Gasteiger partial charge is 0.119 e. The van der Waals surface area contributed by atoms with Crippen molar-refractivity contribution in [1.82, 2.24) is 0 Å². The third-order valence-corrected chi connectivity index (χ3v) is 2.68. The molecule has 0 aromatic carbocycles. The van der Waals surface area contributed by atoms with E-state index < -0.39 is 8.25 Å². The molecule has 0 aliphatic heterocycles. The first-order chi connectivity index (χ1) is 6.81. The second kappa shape index (κ2) is 14.5. The molecule has 0 aromatic heterocycles. The van der Waals surface area contributed by atoms with E-state index in [1.54, 1.807) is 0 Å². The first kappa shape index (κ1) is 17.9. The van der Waals surface area contributed by atoms with Crippen LogP contribution in [0.25, 0.3) is 0 Å². The summed E-state index contributed by atoms with van der Waals surface area (Å²) in [5, 5.41) is 0. The van der Waals surface area contributed by atoms with Gasteiger partial charge in [-0.3, -0.25) is 0 Å². The molecule has 0 rings (SSSR count). The van der Waals surface area contributed by atoms with Crippen LogP contribution < -0.4 is 0 Å². The molecule has 0 aliphatic carbocycles. The first-order valence-corrected chi connectivity index (χ1v) is 6.63. The van der Waals surface area contributed by atoms with E-state index in [1.807, 2.05) is 0 Å². The van der Waals surface area contributed by atoms with Gasteiger partial charge in [-0.1, -0.05) is 39.5 Å². The van der Waals surface area contributed by atoms with Gasteiger partial charge in [0.1, 0.15) is 13.2 Å². The summed E-state index contributed by atoms with van der Waals surface area (Å²) in [4.78, 5) is 0. The Labute approximate surface area is 104 Å². The fourth-order valence-corrected chi connectivity index (χ4v) is 1.65. The molecule has 0 aromatic rings. The van der Waals surface area contributed by atoms with E-state index in [-0.39, 0.29) is 16.8 Å². The summed E-state index contributed by atoms with van der Waals surface area (Å²) >= 11 is 0. The molecule has 0 unspecified atom stereocenters. The van der Waals surface area contributed by atoms with Gasteiger partial charge in [0.15, 0.2) is 0 Å². The molecule has 0 amide bonds. The second-order valence-electron chi connectivity index (χ2n) is 3.30. The summed E-state index contributed by atoms with van der Waals surface area (Å²) in [6, 6.07) is 0. The zero-order valence-corrected chi connectivity index (χ0v) is 11.6. The third kappa shape index (κ3) is 14.5. The molecule has 91 valence electrons. The van der Waals surface area contributed by atoms with E-state index in [0.717, 1.165) is 38.5 Å². The van der Waals surface area contributed by atoms with Crippen LogP contribution >= 0.6 is 8.25 Å². The topological polar surface area (TPSA) is 35.5 Å². The molecular formula is C10H22CoO3P+3. The van der Waals surface area contributed by atoms with Crippen molar-refractivity contribution in [2.24, 2.45) is 0 Å². The van der Waals surface area contributed by atoms with Gasteiger partial charge in [-0.2, -0.15) is 0 Å². The average molecular weight is 280 g/mol. The van der Waals surface area contributed by atoms with Crippen LogP contribution in [-0.2, 0) is 30.4 Å². The molecule has 0 N–H and O–H groups in total. The predicted octanol–water partition coefficient (Wildman–Crippen LogP) is 4.05. The zero-order chi connectivity index (χ0) is 10.6. The molecule has 3 nitrogen and oxygen atoms in total. The Bertz CT molecular complexity index is 131. The normalized spacial score (nSPS) is 9.73. The van der Waals surface area contributed by atoms with Gasteiger partial charge in [-0.25, -0.2) is 0 Å². The summed E-state index contributed by atoms with van der Waals surface area (Å²) in [5.41, 5.74) is 0. The Hall–Kier alpha value is 0.526. The predicted molar refractivity (Wildman–Crippen MR) is 58.6 cm³/mol. The van der Waals surface area contributed by atoms with Crippen LogP contribution in [0.15, 0.2) is 0 Å². The van der Waals surface area contributed by atoms with Crippen molar-refractivity contribution < 1.29 is 30.4 Å². The monoisotopic (exact) mass is 280 g/mol. The van der Waals surface area contributed by atoms with Crippen molar-refractivity contribution in [3.05, 3.63) is 0 Å². The minimum atomic E-state index is -1.86. The zero-order valence-electron chi connectivity index (χ0n) is 9.66. The number of hydrogen-bond acceptors (Lipinski definition) is 3. The van der Waals surface area contributed by atoms with Crippen molar-refractivity contribution in [3.8, 4) is 0 Å². The largest absolute Gasteiger partial charge is 2.00 e. The van der Waals surface area contributed by atoms with Crippen LogP contribution in [-0.4, -0.2) is 13.2 Å². The molecule has 1 radical (unpaired) electrons. The van der Waals surface area contributed by atoms with Crippen molar-refractivity contribution in [2.75, 3.05) is 13.2 Å². The van der Waals surface area contributed by atoms with Crippen LogP contribution in [0.2, 0.25) is 0 Å². The van der Waals surface area contributed by atoms with E-state index in [0.29, 0.717) is 13.2 Å². The van der Waals surface area contributed by atoms with Crippen molar-refractivity contribution >= 4 is 8.25 Å². The van der Waals surface area contributed by atoms with E-state index in [4.69, 9.17) is 9.05 Å². The molecule has 0 saturated carbocycles. The van der Waals surface area contributed by atoms with E-state index in [2.05, 4.69) is 13.8 Å². The Balaban J connectivity index is 0. The molecule has 0 bridgehead atoms. The van der Waals surface area contributed by atoms with Crippen molar-refractivity contribution in [2.45, 2.75) is 52.4 Å². The summed E-state index contributed by atoms with van der Waals surface area (Å²) in [7, 11) is -1.86. The maximum absolute atomic E-state index is 11.1. The van der Waals surface area contributed by atoms with Gasteiger partial charge in [-0.05, 0) is 12.8 Å². The van der Waals surface area contributed by atoms with Crippen molar-refractivity contribution in [1.29, 1.82) is 0 Å². The number of hydrogen-bond donors (Lipinski definition) is 0. The SMILES string of the molecule is CCCCCO[P+](=O)OCCCCC.[Co+2]. The standard InChI is InChI=1S/C10H22O3P.Co/c1-3-5-7-9-12-14(11)13-10-8-6-4-2;/h3-10H2,1-2H3;/q+1;+2. The second-order valence-corrected chi connectivity index (χ2v) is 4.27. The van der Waals surface area contributed by atoms with Gasteiger partial charge in [0.05, 0.1) is 0 Å². The minimum Gasteiger partial charge on any atom is -0.119 e. The maximum atomic E-state index is 11.1. The summed E-state index contributed by atoms with van der Waals surface area (Å²) in [5.74, 6) is 0. The first-order valence-electron chi connectivity index (χ1n) is 5.54. The summed E-state index contributed by atoms with van der Waals surface area (Å²) < 4.78 is 21.1. The Morgan fingerprint density at radius 3 is 1.60 bits per heavy atom. The van der Waals surface area contributed by atoms with E-state index in [1.165, 1.54) is 0 Å². The molecule has 0 aliphatic rings. The van der Waals surface area contributed by atoms with Crippen LogP contribution in [0.1, 0.15) is 52.4 Å². The summed E-state index contributed by atoms with van der Waals surface area (Å²) in [6.45, 7) is 5.36. The molecule has 0 heterocycles. The molecule has 0 fully saturated rings.